The molecule has 2 atom stereocenters. The van der Waals surface area contributed by atoms with Gasteiger partial charge in [-0.1, -0.05) is 12.1 Å². The van der Waals surface area contributed by atoms with Gasteiger partial charge < -0.3 is 13.9 Å². The molecular formula is C19H18N2O4S. The quantitative estimate of drug-likeness (QED) is 0.748. The Kier molecular flexibility index (Phi) is 4.16. The Hall–Kier alpha value is -2.80. The number of aryl methyl sites for hydroxylation is 2. The van der Waals surface area contributed by atoms with Gasteiger partial charge in [-0.05, 0) is 39.0 Å². The maximum atomic E-state index is 12.6. The molecular weight excluding hydrogens is 352 g/mol. The molecule has 0 unspecified atom stereocenters. The summed E-state index contributed by atoms with van der Waals surface area (Å²) < 4.78 is 17.1. The molecule has 1 aliphatic rings. The number of nitrogens with one attached hydrogen (secondary N) is 1. The number of anilines is 1. The first kappa shape index (κ1) is 16.7. The van der Waals surface area contributed by atoms with Crippen LogP contribution in [0, 0.1) is 13.8 Å². The van der Waals surface area contributed by atoms with Crippen molar-refractivity contribution >= 4 is 22.4 Å². The van der Waals surface area contributed by atoms with E-state index in [2.05, 4.69) is 10.3 Å². The Morgan fingerprint density at radius 3 is 2.62 bits per heavy atom. The van der Waals surface area contributed by atoms with Crippen molar-refractivity contribution < 1.29 is 18.7 Å². The largest absolute Gasteiger partial charge is 0.482 e. The molecule has 7 heteroatoms. The molecule has 3 heterocycles. The van der Waals surface area contributed by atoms with Gasteiger partial charge in [0.2, 0.25) is 6.10 Å². The van der Waals surface area contributed by atoms with Crippen LogP contribution in [0.15, 0.2) is 40.1 Å². The van der Waals surface area contributed by atoms with E-state index in [-0.39, 0.29) is 5.91 Å². The first-order valence-electron chi connectivity index (χ1n) is 8.27. The monoisotopic (exact) mass is 370 g/mol. The number of carbonyl (C=O) groups is 1. The average Bonchev–Trinajstić information content (AvgIpc) is 3.19. The van der Waals surface area contributed by atoms with Crippen molar-refractivity contribution in [3.8, 4) is 22.8 Å². The highest BCUT2D eigenvalue weighted by Crippen LogP contribution is 2.34. The van der Waals surface area contributed by atoms with Gasteiger partial charge >= 0.3 is 0 Å². The number of aromatic nitrogens is 1. The van der Waals surface area contributed by atoms with Gasteiger partial charge in [0.25, 0.3) is 5.91 Å². The molecule has 1 amide bonds. The highest BCUT2D eigenvalue weighted by atomic mass is 32.1. The minimum absolute atomic E-state index is 0.284. The van der Waals surface area contributed by atoms with Gasteiger partial charge in [0.05, 0.1) is 5.69 Å². The van der Waals surface area contributed by atoms with Gasteiger partial charge in [0.1, 0.15) is 17.6 Å². The van der Waals surface area contributed by atoms with Crippen LogP contribution in [0.3, 0.4) is 0 Å². The fraction of sp³-hybridized carbons (Fsp3) is 0.263. The van der Waals surface area contributed by atoms with E-state index in [1.807, 2.05) is 50.4 Å². The Bertz CT molecular complexity index is 962. The molecule has 134 valence electrons. The minimum Gasteiger partial charge on any atom is -0.482 e. The first-order chi connectivity index (χ1) is 12.5. The second-order valence-electron chi connectivity index (χ2n) is 6.16. The van der Waals surface area contributed by atoms with Crippen molar-refractivity contribution in [2.24, 2.45) is 0 Å². The summed E-state index contributed by atoms with van der Waals surface area (Å²) >= 11 is 1.36. The Morgan fingerprint density at radius 2 is 1.92 bits per heavy atom. The van der Waals surface area contributed by atoms with Crippen LogP contribution in [0.4, 0.5) is 5.13 Å². The number of carbonyl (C=O) groups excluding carboxylic acids is 1. The standard InChI is InChI=1S/C19H18N2O4S/c1-10-8-13(11(2)23-10)14-9-26-19(20-14)21-18(22)17-12(3)24-15-6-4-5-7-16(15)25-17/h4-9,12,17H,1-3H3,(H,20,21,22)/t12-,17+/m1/s1. The van der Waals surface area contributed by atoms with E-state index < -0.39 is 12.2 Å². The lowest BCUT2D eigenvalue weighted by Gasteiger charge is -2.30. The molecule has 0 radical (unpaired) electrons. The summed E-state index contributed by atoms with van der Waals surface area (Å²) in [6, 6.07) is 9.25. The van der Waals surface area contributed by atoms with Crippen LogP contribution in [0.25, 0.3) is 11.3 Å². The van der Waals surface area contributed by atoms with Crippen LogP contribution in [-0.2, 0) is 4.79 Å². The summed E-state index contributed by atoms with van der Waals surface area (Å²) in [4.78, 5) is 17.1. The van der Waals surface area contributed by atoms with E-state index in [9.17, 15) is 4.79 Å². The van der Waals surface area contributed by atoms with E-state index in [0.29, 0.717) is 16.6 Å². The Balaban J connectivity index is 1.50. The molecule has 3 aromatic rings. The summed E-state index contributed by atoms with van der Waals surface area (Å²) in [7, 11) is 0. The predicted octanol–water partition coefficient (Wildman–Crippen LogP) is 4.19. The predicted molar refractivity (Wildman–Crippen MR) is 98.9 cm³/mol. The zero-order chi connectivity index (χ0) is 18.3. The van der Waals surface area contributed by atoms with Crippen LogP contribution in [0.5, 0.6) is 11.5 Å². The molecule has 0 saturated heterocycles. The van der Waals surface area contributed by atoms with Crippen LogP contribution < -0.4 is 14.8 Å². The number of rotatable bonds is 3. The average molecular weight is 370 g/mol. The lowest BCUT2D eigenvalue weighted by molar-refractivity contribution is -0.128. The summed E-state index contributed by atoms with van der Waals surface area (Å²) in [5.41, 5.74) is 1.71. The number of furan rings is 1. The topological polar surface area (TPSA) is 73.6 Å². The zero-order valence-electron chi connectivity index (χ0n) is 14.6. The zero-order valence-corrected chi connectivity index (χ0v) is 15.4. The first-order valence-corrected chi connectivity index (χ1v) is 9.15. The van der Waals surface area contributed by atoms with E-state index in [4.69, 9.17) is 13.9 Å². The summed E-state index contributed by atoms with van der Waals surface area (Å²) in [5, 5.41) is 5.23. The van der Waals surface area contributed by atoms with Crippen molar-refractivity contribution in [3.05, 3.63) is 47.2 Å². The third-order valence-electron chi connectivity index (χ3n) is 4.15. The fourth-order valence-electron chi connectivity index (χ4n) is 2.92. The number of thiazole rings is 1. The van der Waals surface area contributed by atoms with Crippen molar-refractivity contribution in [1.29, 1.82) is 0 Å². The van der Waals surface area contributed by atoms with Gasteiger partial charge in [-0.25, -0.2) is 4.98 Å². The molecule has 2 aromatic heterocycles. The van der Waals surface area contributed by atoms with Crippen molar-refractivity contribution in [2.45, 2.75) is 33.0 Å². The number of fused-ring (bicyclic) bond motifs is 1. The Morgan fingerprint density at radius 1 is 1.19 bits per heavy atom. The molecule has 0 bridgehead atoms. The van der Waals surface area contributed by atoms with Crippen molar-refractivity contribution in [2.75, 3.05) is 5.32 Å². The van der Waals surface area contributed by atoms with Crippen LogP contribution in [0.1, 0.15) is 18.4 Å². The molecule has 0 spiro atoms. The van der Waals surface area contributed by atoms with Gasteiger partial charge in [-0.3, -0.25) is 10.1 Å². The molecule has 6 nitrogen and oxygen atoms in total. The number of hydrogen-bond donors (Lipinski definition) is 1. The summed E-state index contributed by atoms with van der Waals surface area (Å²) in [6.45, 7) is 5.60. The molecule has 26 heavy (non-hydrogen) atoms. The van der Waals surface area contributed by atoms with E-state index in [0.717, 1.165) is 22.8 Å². The summed E-state index contributed by atoms with van der Waals surface area (Å²) in [6.07, 6.45) is -1.14. The normalized spacial score (nSPS) is 18.6. The lowest BCUT2D eigenvalue weighted by Crippen LogP contribution is -2.46. The molecule has 0 saturated carbocycles. The van der Waals surface area contributed by atoms with Crippen LogP contribution in [-0.4, -0.2) is 23.1 Å². The van der Waals surface area contributed by atoms with Gasteiger partial charge in [-0.15, -0.1) is 11.3 Å². The lowest BCUT2D eigenvalue weighted by atomic mass is 10.1. The third kappa shape index (κ3) is 3.06. The second-order valence-corrected chi connectivity index (χ2v) is 7.02. The number of ether oxygens (including phenoxy) is 2. The number of nitrogens with zero attached hydrogens (tertiary/aromatic N) is 1. The minimum atomic E-state index is -0.741. The van der Waals surface area contributed by atoms with Crippen molar-refractivity contribution in [1.82, 2.24) is 4.98 Å². The van der Waals surface area contributed by atoms with E-state index in [1.165, 1.54) is 11.3 Å². The summed E-state index contributed by atoms with van der Waals surface area (Å²) in [5.74, 6) is 2.56. The fourth-order valence-corrected chi connectivity index (χ4v) is 3.64. The van der Waals surface area contributed by atoms with Crippen molar-refractivity contribution in [3.63, 3.8) is 0 Å². The van der Waals surface area contributed by atoms with Crippen LogP contribution in [0.2, 0.25) is 0 Å². The highest BCUT2D eigenvalue weighted by Gasteiger charge is 2.34. The maximum absolute atomic E-state index is 12.6. The highest BCUT2D eigenvalue weighted by molar-refractivity contribution is 7.14. The molecule has 4 rings (SSSR count). The molecule has 1 N–H and O–H groups in total. The molecule has 0 aliphatic carbocycles. The van der Waals surface area contributed by atoms with Crippen LogP contribution >= 0.6 is 11.3 Å². The third-order valence-corrected chi connectivity index (χ3v) is 4.91. The number of amides is 1. The molecule has 0 fully saturated rings. The smallest absolute Gasteiger partial charge is 0.271 e. The number of hydrogen-bond acceptors (Lipinski definition) is 6. The van der Waals surface area contributed by atoms with E-state index >= 15 is 0 Å². The molecule has 1 aromatic carbocycles. The number of para-hydroxylation sites is 2. The second kappa shape index (κ2) is 6.49. The Labute approximate surface area is 154 Å². The number of benzene rings is 1. The SMILES string of the molecule is Cc1cc(-c2csc(NC(=O)[C@H]3Oc4ccccc4O[C@@H]3C)n2)c(C)o1. The van der Waals surface area contributed by atoms with Gasteiger partial charge in [0.15, 0.2) is 16.6 Å². The maximum Gasteiger partial charge on any atom is 0.271 e. The van der Waals surface area contributed by atoms with Gasteiger partial charge in [-0.2, -0.15) is 0 Å². The van der Waals surface area contributed by atoms with E-state index in [1.54, 1.807) is 6.07 Å². The molecule has 1 aliphatic heterocycles. The van der Waals surface area contributed by atoms with Gasteiger partial charge in [0, 0.05) is 10.9 Å².